The van der Waals surface area contributed by atoms with Gasteiger partial charge in [-0.15, -0.1) is 0 Å². The van der Waals surface area contributed by atoms with E-state index >= 15 is 0 Å². The van der Waals surface area contributed by atoms with Crippen molar-refractivity contribution in [2.45, 2.75) is 0 Å². The lowest BCUT2D eigenvalue weighted by atomic mass is 9.99. The Balaban J connectivity index is 1.44. The third kappa shape index (κ3) is 2.92. The van der Waals surface area contributed by atoms with Gasteiger partial charge in [0.1, 0.15) is 5.65 Å². The van der Waals surface area contributed by atoms with Crippen LogP contribution in [-0.4, -0.2) is 14.0 Å². The van der Waals surface area contributed by atoms with Gasteiger partial charge in [-0.1, -0.05) is 91.0 Å². The molecule has 3 heterocycles. The second-order valence-corrected chi connectivity index (χ2v) is 10.5. The maximum Gasteiger partial charge on any atom is 0.146 e. The summed E-state index contributed by atoms with van der Waals surface area (Å²) < 4.78 is 4.73. The topological polar surface area (TPSA) is 22.2 Å². The number of fused-ring (bicyclic) bond motifs is 11. The van der Waals surface area contributed by atoms with Crippen molar-refractivity contribution in [3.05, 3.63) is 140 Å². The number of imidazole rings is 1. The molecule has 0 radical (unpaired) electrons. The fourth-order valence-corrected chi connectivity index (χ4v) is 6.50. The Morgan fingerprint density at radius 2 is 1.02 bits per heavy atom. The predicted octanol–water partition coefficient (Wildman–Crippen LogP) is 9.56. The molecule has 3 nitrogen and oxygen atoms in total. The van der Waals surface area contributed by atoms with Gasteiger partial charge in [0, 0.05) is 27.2 Å². The lowest BCUT2D eigenvalue weighted by Gasteiger charge is -2.14. The third-order valence-electron chi connectivity index (χ3n) is 8.28. The summed E-state index contributed by atoms with van der Waals surface area (Å²) in [6.07, 6.45) is 0. The van der Waals surface area contributed by atoms with Gasteiger partial charge in [-0.05, 0) is 65.0 Å². The Hall–Kier alpha value is -5.41. The first-order valence-corrected chi connectivity index (χ1v) is 13.7. The van der Waals surface area contributed by atoms with E-state index in [0.29, 0.717) is 0 Å². The van der Waals surface area contributed by atoms with Crippen LogP contribution < -0.4 is 0 Å². The highest BCUT2D eigenvalue weighted by Crippen LogP contribution is 2.37. The number of pyridine rings is 1. The van der Waals surface area contributed by atoms with E-state index in [-0.39, 0.29) is 0 Å². The van der Waals surface area contributed by atoms with Crippen LogP contribution >= 0.6 is 0 Å². The fraction of sp³-hybridized carbons (Fsp3) is 0. The van der Waals surface area contributed by atoms with E-state index in [1.54, 1.807) is 0 Å². The van der Waals surface area contributed by atoms with Crippen molar-refractivity contribution in [1.29, 1.82) is 0 Å². The third-order valence-corrected chi connectivity index (χ3v) is 8.28. The summed E-state index contributed by atoms with van der Waals surface area (Å²) in [6.45, 7) is 0. The molecule has 9 rings (SSSR count). The Morgan fingerprint density at radius 1 is 0.400 bits per heavy atom. The average Bonchev–Trinajstić information content (AvgIpc) is 3.58. The van der Waals surface area contributed by atoms with Gasteiger partial charge in [0.05, 0.1) is 27.6 Å². The monoisotopic (exact) mass is 509 g/mol. The molecule has 9 aromatic rings. The molecule has 0 N–H and O–H groups in total. The summed E-state index contributed by atoms with van der Waals surface area (Å²) in [6, 6.07) is 50.1. The summed E-state index contributed by atoms with van der Waals surface area (Å²) in [5.74, 6) is 0. The second kappa shape index (κ2) is 8.05. The number of rotatable bonds is 2. The van der Waals surface area contributed by atoms with Gasteiger partial charge in [0.15, 0.2) is 0 Å². The molecule has 0 unspecified atom stereocenters. The van der Waals surface area contributed by atoms with Gasteiger partial charge in [-0.2, -0.15) is 0 Å². The van der Waals surface area contributed by atoms with Crippen LogP contribution in [0.15, 0.2) is 140 Å². The highest BCUT2D eigenvalue weighted by molar-refractivity contribution is 6.15. The van der Waals surface area contributed by atoms with Gasteiger partial charge in [0.25, 0.3) is 0 Å². The number of aromatic nitrogens is 3. The first kappa shape index (κ1) is 21.5. The van der Waals surface area contributed by atoms with Crippen LogP contribution in [0.4, 0.5) is 0 Å². The average molecular weight is 510 g/mol. The van der Waals surface area contributed by atoms with Crippen LogP contribution in [0.3, 0.4) is 0 Å². The van der Waals surface area contributed by atoms with Gasteiger partial charge < -0.3 is 4.57 Å². The molecule has 0 bridgehead atoms. The van der Waals surface area contributed by atoms with Crippen LogP contribution in [0.2, 0.25) is 0 Å². The fourth-order valence-electron chi connectivity index (χ4n) is 6.50. The second-order valence-electron chi connectivity index (χ2n) is 10.5. The molecule has 0 aliphatic carbocycles. The molecule has 0 saturated heterocycles. The minimum absolute atomic E-state index is 0.989. The largest absolute Gasteiger partial charge is 0.309 e. The number of nitrogens with zero attached hydrogens (tertiary/aromatic N) is 3. The Kier molecular flexibility index (Phi) is 4.33. The summed E-state index contributed by atoms with van der Waals surface area (Å²) in [7, 11) is 0. The van der Waals surface area contributed by atoms with Crippen molar-refractivity contribution in [2.75, 3.05) is 0 Å². The molecule has 0 spiro atoms. The summed E-state index contributed by atoms with van der Waals surface area (Å²) in [5.41, 5.74) is 10.3. The summed E-state index contributed by atoms with van der Waals surface area (Å²) >= 11 is 0. The van der Waals surface area contributed by atoms with Gasteiger partial charge in [-0.3, -0.25) is 4.40 Å². The molecular formula is C37H23N3. The molecular weight excluding hydrogens is 486 g/mol. The van der Waals surface area contributed by atoms with Crippen LogP contribution in [0.25, 0.3) is 77.0 Å². The Morgan fingerprint density at radius 3 is 1.80 bits per heavy atom. The number of para-hydroxylation sites is 4. The molecule has 0 aliphatic rings. The van der Waals surface area contributed by atoms with Crippen LogP contribution in [0.1, 0.15) is 0 Å². The smallest absolute Gasteiger partial charge is 0.146 e. The lowest BCUT2D eigenvalue weighted by Crippen LogP contribution is -1.97. The Bertz CT molecular complexity index is 2370. The van der Waals surface area contributed by atoms with E-state index in [4.69, 9.17) is 4.98 Å². The molecule has 40 heavy (non-hydrogen) atoms. The zero-order valence-electron chi connectivity index (χ0n) is 21.6. The molecule has 0 atom stereocenters. The van der Waals surface area contributed by atoms with Crippen molar-refractivity contribution in [1.82, 2.24) is 14.0 Å². The van der Waals surface area contributed by atoms with Crippen LogP contribution in [-0.2, 0) is 0 Å². The van der Waals surface area contributed by atoms with E-state index in [2.05, 4.69) is 148 Å². The van der Waals surface area contributed by atoms with Gasteiger partial charge in [0.2, 0.25) is 0 Å². The van der Waals surface area contributed by atoms with Crippen LogP contribution in [0.5, 0.6) is 0 Å². The van der Waals surface area contributed by atoms with E-state index < -0.39 is 0 Å². The number of benzene rings is 6. The predicted molar refractivity (Wildman–Crippen MR) is 167 cm³/mol. The first-order chi connectivity index (χ1) is 19.8. The maximum atomic E-state index is 5.14. The van der Waals surface area contributed by atoms with Crippen molar-refractivity contribution in [3.63, 3.8) is 0 Å². The molecule has 3 heteroatoms. The number of hydrogen-bond donors (Lipinski definition) is 0. The molecule has 0 aliphatic heterocycles. The van der Waals surface area contributed by atoms with Crippen molar-refractivity contribution < 1.29 is 0 Å². The van der Waals surface area contributed by atoms with E-state index in [1.807, 2.05) is 0 Å². The minimum atomic E-state index is 0.989. The normalized spacial score (nSPS) is 12.0. The van der Waals surface area contributed by atoms with E-state index in [9.17, 15) is 0 Å². The molecule has 186 valence electrons. The summed E-state index contributed by atoms with van der Waals surface area (Å²) in [4.78, 5) is 5.14. The highest BCUT2D eigenvalue weighted by Gasteiger charge is 2.17. The standard InChI is InChI=1S/C37H23N3/c1-2-10-24(11-3-1)25-18-20-30-31(22-25)29-21-19-26(23-36(29)40-35-17-9-6-14-32(35)38-37(30)40)39-33-15-7-4-12-27(33)28-13-5-8-16-34(28)39/h1-23H. The molecule has 0 saturated carbocycles. The SMILES string of the molecule is c1ccc(-c2ccc3c(c2)c2ccc(-n4c5ccccc5c5ccccc54)cc2n2c4ccccc4nc32)cc1. The van der Waals surface area contributed by atoms with Gasteiger partial charge in [-0.25, -0.2) is 4.98 Å². The molecule has 3 aromatic heterocycles. The van der Waals surface area contributed by atoms with Crippen molar-refractivity contribution in [3.8, 4) is 16.8 Å². The van der Waals surface area contributed by atoms with E-state index in [0.717, 1.165) is 33.3 Å². The van der Waals surface area contributed by atoms with Gasteiger partial charge >= 0.3 is 0 Å². The molecule has 0 fully saturated rings. The number of hydrogen-bond acceptors (Lipinski definition) is 1. The van der Waals surface area contributed by atoms with E-state index in [1.165, 1.54) is 43.7 Å². The first-order valence-electron chi connectivity index (χ1n) is 13.7. The van der Waals surface area contributed by atoms with Crippen LogP contribution in [0, 0.1) is 0 Å². The van der Waals surface area contributed by atoms with Crippen molar-refractivity contribution in [2.24, 2.45) is 0 Å². The lowest BCUT2D eigenvalue weighted by molar-refractivity contribution is 1.18. The molecule has 6 aromatic carbocycles. The Labute approximate surface area is 230 Å². The molecule has 0 amide bonds. The maximum absolute atomic E-state index is 5.14. The minimum Gasteiger partial charge on any atom is -0.309 e. The quantitative estimate of drug-likeness (QED) is 0.213. The zero-order valence-corrected chi connectivity index (χ0v) is 21.6. The zero-order chi connectivity index (χ0) is 26.2. The highest BCUT2D eigenvalue weighted by atomic mass is 15.0. The summed E-state index contributed by atoms with van der Waals surface area (Å²) in [5, 5.41) is 6.12. The van der Waals surface area contributed by atoms with Crippen molar-refractivity contribution >= 4 is 60.2 Å².